The Morgan fingerprint density at radius 1 is 1.50 bits per heavy atom. The van der Waals surface area contributed by atoms with Gasteiger partial charge in [0, 0.05) is 11.3 Å². The Bertz CT molecular complexity index is 276. The van der Waals surface area contributed by atoms with Gasteiger partial charge in [-0.05, 0) is 19.8 Å². The molecule has 1 unspecified atom stereocenters. The van der Waals surface area contributed by atoms with Gasteiger partial charge in [0.25, 0.3) is 0 Å². The van der Waals surface area contributed by atoms with Gasteiger partial charge in [-0.15, -0.1) is 0 Å². The van der Waals surface area contributed by atoms with E-state index in [2.05, 4.69) is 29.5 Å². The van der Waals surface area contributed by atoms with Gasteiger partial charge in [-0.3, -0.25) is 9.79 Å². The standard InChI is InChI=1S/C11H21N3OS/c1-7(2)9-5-12-11(16-9)13-6-10(15)14-8(3)4/h7-9H,5-6H2,1-4H3,(H,12,13)(H,14,15). The Balaban J connectivity index is 2.22. The molecule has 16 heavy (non-hydrogen) atoms. The van der Waals surface area contributed by atoms with E-state index in [0.29, 0.717) is 17.7 Å². The van der Waals surface area contributed by atoms with Gasteiger partial charge in [0.2, 0.25) is 5.91 Å². The zero-order valence-corrected chi connectivity index (χ0v) is 11.2. The summed E-state index contributed by atoms with van der Waals surface area (Å²) in [6, 6.07) is 0.191. The molecule has 0 spiro atoms. The summed E-state index contributed by atoms with van der Waals surface area (Å²) in [6.45, 7) is 9.47. The Morgan fingerprint density at radius 2 is 2.19 bits per heavy atom. The fraction of sp³-hybridized carbons (Fsp3) is 0.818. The van der Waals surface area contributed by atoms with Crippen molar-refractivity contribution < 1.29 is 4.79 Å². The zero-order valence-electron chi connectivity index (χ0n) is 10.4. The maximum atomic E-state index is 11.4. The average Bonchev–Trinajstić information content (AvgIpc) is 2.61. The summed E-state index contributed by atoms with van der Waals surface area (Å²) in [5, 5.41) is 7.36. The molecule has 0 saturated carbocycles. The van der Waals surface area contributed by atoms with Crippen molar-refractivity contribution in [2.24, 2.45) is 10.9 Å². The van der Waals surface area contributed by atoms with Crippen LogP contribution < -0.4 is 10.6 Å². The number of thioether (sulfide) groups is 1. The van der Waals surface area contributed by atoms with E-state index >= 15 is 0 Å². The summed E-state index contributed by atoms with van der Waals surface area (Å²) in [7, 11) is 0. The van der Waals surface area contributed by atoms with Crippen molar-refractivity contribution in [2.45, 2.75) is 39.0 Å². The third kappa shape index (κ3) is 4.43. The molecule has 1 amide bonds. The first-order chi connectivity index (χ1) is 7.49. The van der Waals surface area contributed by atoms with Crippen molar-refractivity contribution in [1.82, 2.24) is 10.6 Å². The molecule has 0 aromatic rings. The number of hydrogen-bond acceptors (Lipinski definition) is 4. The van der Waals surface area contributed by atoms with Crippen LogP contribution in [0, 0.1) is 5.92 Å². The lowest BCUT2D eigenvalue weighted by atomic mass is 10.1. The lowest BCUT2D eigenvalue weighted by Gasteiger charge is -2.12. The van der Waals surface area contributed by atoms with Crippen molar-refractivity contribution in [1.29, 1.82) is 0 Å². The fourth-order valence-corrected chi connectivity index (χ4v) is 2.38. The molecule has 1 heterocycles. The number of nitrogens with zero attached hydrogens (tertiary/aromatic N) is 1. The molecular formula is C11H21N3OS. The maximum Gasteiger partial charge on any atom is 0.239 e. The quantitative estimate of drug-likeness (QED) is 0.781. The predicted molar refractivity (Wildman–Crippen MR) is 69.8 cm³/mol. The van der Waals surface area contributed by atoms with E-state index in [4.69, 9.17) is 0 Å². The molecule has 5 heteroatoms. The Morgan fingerprint density at radius 3 is 2.69 bits per heavy atom. The largest absolute Gasteiger partial charge is 0.356 e. The Kier molecular flexibility index (Phi) is 5.12. The van der Waals surface area contributed by atoms with Crippen molar-refractivity contribution >= 4 is 22.8 Å². The first kappa shape index (κ1) is 13.4. The number of nitrogens with one attached hydrogen (secondary N) is 2. The Hall–Kier alpha value is -0.710. The van der Waals surface area contributed by atoms with Crippen molar-refractivity contribution in [3.05, 3.63) is 0 Å². The summed E-state index contributed by atoms with van der Waals surface area (Å²) in [5.74, 6) is 0.642. The average molecular weight is 243 g/mol. The molecule has 0 fully saturated rings. The molecule has 1 rings (SSSR count). The Labute approximate surface area is 102 Å². The second-order valence-corrected chi connectivity index (χ2v) is 5.85. The number of amides is 1. The van der Waals surface area contributed by atoms with Crippen molar-refractivity contribution in [3.8, 4) is 0 Å². The van der Waals surface area contributed by atoms with Gasteiger partial charge in [-0.2, -0.15) is 0 Å². The summed E-state index contributed by atoms with van der Waals surface area (Å²) in [5.41, 5.74) is 0. The number of carbonyl (C=O) groups is 1. The second-order valence-electron chi connectivity index (χ2n) is 4.62. The van der Waals surface area contributed by atoms with Crippen LogP contribution in [-0.2, 0) is 4.79 Å². The number of rotatable bonds is 4. The summed E-state index contributed by atoms with van der Waals surface area (Å²) >= 11 is 1.74. The highest BCUT2D eigenvalue weighted by Crippen LogP contribution is 2.25. The van der Waals surface area contributed by atoms with Crippen LogP contribution in [0.2, 0.25) is 0 Å². The highest BCUT2D eigenvalue weighted by molar-refractivity contribution is 8.14. The highest BCUT2D eigenvalue weighted by atomic mass is 32.2. The maximum absolute atomic E-state index is 11.4. The van der Waals surface area contributed by atoms with Crippen molar-refractivity contribution in [2.75, 3.05) is 13.1 Å². The molecule has 0 aromatic heterocycles. The molecule has 0 radical (unpaired) electrons. The molecule has 0 saturated heterocycles. The molecule has 1 aliphatic heterocycles. The molecule has 1 aliphatic rings. The summed E-state index contributed by atoms with van der Waals surface area (Å²) in [6.07, 6.45) is 0. The molecule has 0 aromatic carbocycles. The van der Waals surface area contributed by atoms with Gasteiger partial charge in [0.05, 0.1) is 13.1 Å². The van der Waals surface area contributed by atoms with Crippen LogP contribution in [0.5, 0.6) is 0 Å². The summed E-state index contributed by atoms with van der Waals surface area (Å²) < 4.78 is 0. The van der Waals surface area contributed by atoms with E-state index in [1.54, 1.807) is 11.8 Å². The molecule has 1 atom stereocenters. The molecule has 2 N–H and O–H groups in total. The lowest BCUT2D eigenvalue weighted by Crippen LogP contribution is -2.39. The van der Waals surface area contributed by atoms with Crippen LogP contribution in [-0.4, -0.2) is 35.5 Å². The predicted octanol–water partition coefficient (Wildman–Crippen LogP) is 1.23. The number of hydrogen-bond donors (Lipinski definition) is 2. The minimum absolute atomic E-state index is 0.0197. The van der Waals surface area contributed by atoms with Crippen LogP contribution in [0.3, 0.4) is 0 Å². The first-order valence-corrected chi connectivity index (χ1v) is 6.61. The van der Waals surface area contributed by atoms with E-state index in [1.807, 2.05) is 13.8 Å². The number of carbonyl (C=O) groups excluding carboxylic acids is 1. The van der Waals surface area contributed by atoms with Crippen LogP contribution in [0.15, 0.2) is 4.99 Å². The topological polar surface area (TPSA) is 53.5 Å². The zero-order chi connectivity index (χ0) is 12.1. The van der Waals surface area contributed by atoms with Crippen LogP contribution in [0.25, 0.3) is 0 Å². The van der Waals surface area contributed by atoms with Crippen LogP contribution in [0.1, 0.15) is 27.7 Å². The number of amidine groups is 1. The van der Waals surface area contributed by atoms with Gasteiger partial charge >= 0.3 is 0 Å². The van der Waals surface area contributed by atoms with Gasteiger partial charge in [-0.1, -0.05) is 25.6 Å². The van der Waals surface area contributed by atoms with Crippen LogP contribution in [0.4, 0.5) is 0 Å². The van der Waals surface area contributed by atoms with E-state index in [9.17, 15) is 4.79 Å². The molecule has 0 aliphatic carbocycles. The van der Waals surface area contributed by atoms with Gasteiger partial charge in [0.15, 0.2) is 5.17 Å². The SMILES string of the molecule is CC(C)NC(=O)CNC1=NCC(C(C)C)S1. The molecular weight excluding hydrogens is 222 g/mol. The van der Waals surface area contributed by atoms with Gasteiger partial charge < -0.3 is 10.6 Å². The molecule has 92 valence electrons. The first-order valence-electron chi connectivity index (χ1n) is 5.73. The number of aliphatic imine (C=N–C) groups is 1. The molecule has 4 nitrogen and oxygen atoms in total. The fourth-order valence-electron chi connectivity index (χ4n) is 1.36. The highest BCUT2D eigenvalue weighted by Gasteiger charge is 2.22. The van der Waals surface area contributed by atoms with Crippen LogP contribution >= 0.6 is 11.8 Å². The second kappa shape index (κ2) is 6.13. The third-order valence-corrected chi connectivity index (χ3v) is 3.76. The monoisotopic (exact) mass is 243 g/mol. The van der Waals surface area contributed by atoms with E-state index < -0.39 is 0 Å². The van der Waals surface area contributed by atoms with E-state index in [0.717, 1.165) is 11.7 Å². The summed E-state index contributed by atoms with van der Waals surface area (Å²) in [4.78, 5) is 15.8. The van der Waals surface area contributed by atoms with E-state index in [1.165, 1.54) is 0 Å². The minimum Gasteiger partial charge on any atom is -0.356 e. The third-order valence-electron chi connectivity index (χ3n) is 2.27. The van der Waals surface area contributed by atoms with Gasteiger partial charge in [0.1, 0.15) is 0 Å². The van der Waals surface area contributed by atoms with Crippen molar-refractivity contribution in [3.63, 3.8) is 0 Å². The smallest absolute Gasteiger partial charge is 0.239 e. The minimum atomic E-state index is 0.0197. The normalized spacial score (nSPS) is 20.1. The molecule has 0 bridgehead atoms. The lowest BCUT2D eigenvalue weighted by molar-refractivity contribution is -0.120. The van der Waals surface area contributed by atoms with Gasteiger partial charge in [-0.25, -0.2) is 0 Å². The van der Waals surface area contributed by atoms with E-state index in [-0.39, 0.29) is 11.9 Å².